The van der Waals surface area contributed by atoms with Gasteiger partial charge in [-0.2, -0.15) is 0 Å². The topological polar surface area (TPSA) is 67.4 Å². The summed E-state index contributed by atoms with van der Waals surface area (Å²) >= 11 is 0. The summed E-state index contributed by atoms with van der Waals surface area (Å²) < 4.78 is 5.63. The lowest BCUT2D eigenvalue weighted by molar-refractivity contribution is -0.134. The van der Waals surface area contributed by atoms with E-state index in [2.05, 4.69) is 10.9 Å². The molecule has 0 heterocycles. The molecule has 0 unspecified atom stereocenters. The Balaban J connectivity index is 1.90. The molecule has 2 N–H and O–H groups in total. The van der Waals surface area contributed by atoms with E-state index >= 15 is 0 Å². The lowest BCUT2D eigenvalue weighted by Crippen LogP contribution is -2.48. The van der Waals surface area contributed by atoms with Gasteiger partial charge in [0, 0.05) is 11.8 Å². The maximum absolute atomic E-state index is 11.9. The van der Waals surface area contributed by atoms with Crippen LogP contribution in [-0.4, -0.2) is 18.4 Å². The molecule has 0 atom stereocenters. The molecule has 2 aromatic rings. The molecule has 5 heteroatoms. The van der Waals surface area contributed by atoms with Gasteiger partial charge in [0.05, 0.1) is 0 Å². The average molecular weight is 340 g/mol. The number of carbonyl (C=O) groups excluding carboxylic acids is 2. The number of nitrogens with one attached hydrogen (secondary N) is 2. The fraction of sp³-hybridized carbons (Fsp3) is 0.300. The second-order valence-corrected chi connectivity index (χ2v) is 6.81. The summed E-state index contributed by atoms with van der Waals surface area (Å²) in [5, 5.41) is 0. The zero-order valence-corrected chi connectivity index (χ0v) is 14.8. The molecule has 0 aromatic heterocycles. The van der Waals surface area contributed by atoms with Crippen molar-refractivity contribution >= 4 is 11.8 Å². The summed E-state index contributed by atoms with van der Waals surface area (Å²) in [6.45, 7) is 5.14. The number of carbonyl (C=O) groups is 2. The van der Waals surface area contributed by atoms with Gasteiger partial charge in [0.25, 0.3) is 5.91 Å². The van der Waals surface area contributed by atoms with Crippen molar-refractivity contribution in [2.24, 2.45) is 5.41 Å². The number of para-hydroxylation sites is 1. The van der Waals surface area contributed by atoms with Gasteiger partial charge in [0.15, 0.2) is 6.61 Å². The lowest BCUT2D eigenvalue weighted by Gasteiger charge is -2.18. The molecule has 0 spiro atoms. The monoisotopic (exact) mass is 340 g/mol. The summed E-state index contributed by atoms with van der Waals surface area (Å²) in [7, 11) is 0. The Labute approximate surface area is 148 Å². The smallest absolute Gasteiger partial charge is 0.276 e. The van der Waals surface area contributed by atoms with Crippen molar-refractivity contribution in [2.45, 2.75) is 27.2 Å². The van der Waals surface area contributed by atoms with Gasteiger partial charge in [0.1, 0.15) is 5.75 Å². The fourth-order valence-electron chi connectivity index (χ4n) is 2.10. The van der Waals surface area contributed by atoms with Gasteiger partial charge in [-0.3, -0.25) is 20.4 Å². The summed E-state index contributed by atoms with van der Waals surface area (Å²) in [5.74, 6) is -0.0129. The number of hydrazine groups is 1. The van der Waals surface area contributed by atoms with Crippen molar-refractivity contribution in [3.63, 3.8) is 0 Å². The van der Waals surface area contributed by atoms with E-state index in [0.29, 0.717) is 5.75 Å². The Bertz CT molecular complexity index is 721. The number of ether oxygens (including phenoxy) is 1. The average Bonchev–Trinajstić information content (AvgIpc) is 2.59. The van der Waals surface area contributed by atoms with Gasteiger partial charge in [0.2, 0.25) is 5.91 Å². The molecule has 0 aliphatic rings. The van der Waals surface area contributed by atoms with Crippen LogP contribution in [-0.2, 0) is 16.0 Å². The Morgan fingerprint density at radius 1 is 0.920 bits per heavy atom. The Morgan fingerprint density at radius 3 is 2.24 bits per heavy atom. The predicted molar refractivity (Wildman–Crippen MR) is 96.9 cm³/mol. The van der Waals surface area contributed by atoms with Crippen molar-refractivity contribution < 1.29 is 14.3 Å². The maximum atomic E-state index is 11.9. The van der Waals surface area contributed by atoms with Crippen LogP contribution in [0, 0.1) is 5.41 Å². The highest BCUT2D eigenvalue weighted by atomic mass is 16.5. The first-order valence-corrected chi connectivity index (χ1v) is 8.20. The van der Waals surface area contributed by atoms with Crippen LogP contribution in [0.3, 0.4) is 0 Å². The van der Waals surface area contributed by atoms with Crippen molar-refractivity contribution in [3.05, 3.63) is 65.7 Å². The van der Waals surface area contributed by atoms with Crippen LogP contribution in [0.15, 0.2) is 54.6 Å². The summed E-state index contributed by atoms with van der Waals surface area (Å²) in [5.41, 5.74) is 6.35. The van der Waals surface area contributed by atoms with Crippen LogP contribution >= 0.6 is 0 Å². The van der Waals surface area contributed by atoms with Gasteiger partial charge in [-0.1, -0.05) is 69.3 Å². The van der Waals surface area contributed by atoms with E-state index in [9.17, 15) is 9.59 Å². The minimum absolute atomic E-state index is 0.170. The second-order valence-electron chi connectivity index (χ2n) is 6.81. The van der Waals surface area contributed by atoms with Crippen molar-refractivity contribution in [3.8, 4) is 5.75 Å². The molecule has 2 amide bonds. The Morgan fingerprint density at radius 2 is 1.56 bits per heavy atom. The number of benzene rings is 2. The molecule has 0 saturated heterocycles. The lowest BCUT2D eigenvalue weighted by atomic mass is 9.96. The van der Waals surface area contributed by atoms with E-state index in [1.54, 1.807) is 20.8 Å². The van der Waals surface area contributed by atoms with E-state index < -0.39 is 11.3 Å². The minimum Gasteiger partial charge on any atom is -0.483 e. The highest BCUT2D eigenvalue weighted by molar-refractivity contribution is 5.85. The highest BCUT2D eigenvalue weighted by Crippen LogP contribution is 2.21. The molecule has 2 rings (SSSR count). The first-order chi connectivity index (χ1) is 11.9. The van der Waals surface area contributed by atoms with Gasteiger partial charge < -0.3 is 4.74 Å². The number of amides is 2. The first-order valence-electron chi connectivity index (χ1n) is 8.20. The summed E-state index contributed by atoms with van der Waals surface area (Å²) in [6.07, 6.45) is 0.722. The molecule has 132 valence electrons. The van der Waals surface area contributed by atoms with E-state index in [-0.39, 0.29) is 12.5 Å². The number of hydrogen-bond donors (Lipinski definition) is 2. The minimum atomic E-state index is -0.573. The molecule has 0 aliphatic heterocycles. The van der Waals surface area contributed by atoms with Crippen LogP contribution in [0.1, 0.15) is 31.9 Å². The standard InChI is InChI=1S/C20H24N2O3/c1-20(2,3)19(24)22-21-18(23)14-25-17-12-8-7-11-16(17)13-15-9-5-4-6-10-15/h4-12H,13-14H2,1-3H3,(H,21,23)(H,22,24). The largest absolute Gasteiger partial charge is 0.483 e. The zero-order valence-electron chi connectivity index (χ0n) is 14.8. The normalized spacial score (nSPS) is 10.8. The molecule has 2 aromatic carbocycles. The molecule has 0 saturated carbocycles. The van der Waals surface area contributed by atoms with Gasteiger partial charge in [-0.25, -0.2) is 0 Å². The van der Waals surface area contributed by atoms with Crippen LogP contribution in [0.5, 0.6) is 5.75 Å². The third-order valence-corrected chi connectivity index (χ3v) is 3.57. The van der Waals surface area contributed by atoms with Gasteiger partial charge in [-0.15, -0.1) is 0 Å². The third kappa shape index (κ3) is 5.95. The van der Waals surface area contributed by atoms with Crippen LogP contribution in [0.2, 0.25) is 0 Å². The Hall–Kier alpha value is -2.82. The van der Waals surface area contributed by atoms with Crippen LogP contribution in [0.25, 0.3) is 0 Å². The molecule has 25 heavy (non-hydrogen) atoms. The predicted octanol–water partition coefficient (Wildman–Crippen LogP) is 2.85. The summed E-state index contributed by atoms with van der Waals surface area (Å²) in [6, 6.07) is 17.7. The molecule has 0 aliphatic carbocycles. The van der Waals surface area contributed by atoms with Crippen LogP contribution < -0.4 is 15.6 Å². The molecular formula is C20H24N2O3. The SMILES string of the molecule is CC(C)(C)C(=O)NNC(=O)COc1ccccc1Cc1ccccc1. The van der Waals surface area contributed by atoms with E-state index in [0.717, 1.165) is 12.0 Å². The molecule has 0 bridgehead atoms. The molecular weight excluding hydrogens is 316 g/mol. The third-order valence-electron chi connectivity index (χ3n) is 3.57. The van der Waals surface area contributed by atoms with E-state index in [4.69, 9.17) is 4.74 Å². The van der Waals surface area contributed by atoms with Crippen molar-refractivity contribution in [2.75, 3.05) is 6.61 Å². The first kappa shape index (κ1) is 18.5. The summed E-state index contributed by atoms with van der Waals surface area (Å²) in [4.78, 5) is 23.6. The molecule has 5 nitrogen and oxygen atoms in total. The Kier molecular flexibility index (Phi) is 6.17. The van der Waals surface area contributed by atoms with Gasteiger partial charge in [-0.05, 0) is 17.2 Å². The number of hydrogen-bond acceptors (Lipinski definition) is 3. The second kappa shape index (κ2) is 8.33. The van der Waals surface area contributed by atoms with Crippen LogP contribution in [0.4, 0.5) is 0 Å². The zero-order chi connectivity index (χ0) is 18.3. The number of rotatable bonds is 5. The molecule has 0 fully saturated rings. The molecule has 0 radical (unpaired) electrons. The van der Waals surface area contributed by atoms with Crippen molar-refractivity contribution in [1.29, 1.82) is 0 Å². The van der Waals surface area contributed by atoms with E-state index in [1.807, 2.05) is 54.6 Å². The highest BCUT2D eigenvalue weighted by Gasteiger charge is 2.21. The van der Waals surface area contributed by atoms with Crippen molar-refractivity contribution in [1.82, 2.24) is 10.9 Å². The van der Waals surface area contributed by atoms with Gasteiger partial charge >= 0.3 is 0 Å². The quantitative estimate of drug-likeness (QED) is 0.823. The maximum Gasteiger partial charge on any atom is 0.276 e. The van der Waals surface area contributed by atoms with E-state index in [1.165, 1.54) is 5.56 Å². The fourth-order valence-corrected chi connectivity index (χ4v) is 2.10.